The number of carboxylic acid groups (broad SMARTS) is 1. The minimum Gasteiger partial charge on any atom is -0.478 e. The normalized spacial score (nSPS) is 17.0. The molecule has 2 aromatic carbocycles. The van der Waals surface area contributed by atoms with E-state index < -0.39 is 5.97 Å². The first kappa shape index (κ1) is 18.9. The topological polar surface area (TPSA) is 58.6 Å². The van der Waals surface area contributed by atoms with E-state index in [1.165, 1.54) is 11.1 Å². The predicted molar refractivity (Wildman–Crippen MR) is 101 cm³/mol. The van der Waals surface area contributed by atoms with Crippen LogP contribution in [0, 0.1) is 13.8 Å². The molecule has 2 N–H and O–H groups in total. The molecule has 1 saturated heterocycles. The molecule has 4 nitrogen and oxygen atoms in total. The minimum atomic E-state index is -0.872. The summed E-state index contributed by atoms with van der Waals surface area (Å²) in [7, 11) is 0. The van der Waals surface area contributed by atoms with Crippen LogP contribution < -0.4 is 5.32 Å². The van der Waals surface area contributed by atoms with Gasteiger partial charge in [-0.2, -0.15) is 0 Å². The Morgan fingerprint density at radius 1 is 1.20 bits per heavy atom. The Labute approximate surface area is 149 Å². The summed E-state index contributed by atoms with van der Waals surface area (Å²) in [6.07, 6.45) is 4.50. The van der Waals surface area contributed by atoms with Crippen LogP contribution in [0.25, 0.3) is 6.08 Å². The Hall–Kier alpha value is -2.43. The first-order valence-corrected chi connectivity index (χ1v) is 8.42. The first-order chi connectivity index (χ1) is 12.1. The number of rotatable bonds is 3. The fourth-order valence-corrected chi connectivity index (χ4v) is 2.47. The molecule has 1 aliphatic rings. The van der Waals surface area contributed by atoms with Crippen molar-refractivity contribution in [1.29, 1.82) is 0 Å². The second-order valence-corrected chi connectivity index (χ2v) is 6.00. The number of aromatic carboxylic acids is 1. The first-order valence-electron chi connectivity index (χ1n) is 8.42. The maximum atomic E-state index is 10.4. The van der Waals surface area contributed by atoms with E-state index >= 15 is 0 Å². The number of aryl methyl sites for hydroxylation is 2. The summed E-state index contributed by atoms with van der Waals surface area (Å²) in [6.45, 7) is 6.69. The molecular weight excluding hydrogens is 314 g/mol. The van der Waals surface area contributed by atoms with Crippen molar-refractivity contribution in [2.75, 3.05) is 19.7 Å². The molecule has 3 rings (SSSR count). The van der Waals surface area contributed by atoms with Crippen LogP contribution in [0.2, 0.25) is 0 Å². The van der Waals surface area contributed by atoms with Crippen LogP contribution in [0.3, 0.4) is 0 Å². The third-order valence-corrected chi connectivity index (χ3v) is 3.90. The van der Waals surface area contributed by atoms with E-state index in [1.54, 1.807) is 18.2 Å². The van der Waals surface area contributed by atoms with Crippen molar-refractivity contribution in [1.82, 2.24) is 5.32 Å². The van der Waals surface area contributed by atoms with Gasteiger partial charge >= 0.3 is 5.97 Å². The fourth-order valence-electron chi connectivity index (χ4n) is 2.47. The van der Waals surface area contributed by atoms with Gasteiger partial charge in [-0.25, -0.2) is 4.79 Å². The molecule has 0 aromatic heterocycles. The molecule has 25 heavy (non-hydrogen) atoms. The Balaban J connectivity index is 0.000000196. The van der Waals surface area contributed by atoms with Crippen molar-refractivity contribution in [3.8, 4) is 0 Å². The molecule has 0 radical (unpaired) electrons. The Kier molecular flexibility index (Phi) is 7.38. The Morgan fingerprint density at radius 3 is 2.60 bits per heavy atom. The molecule has 0 amide bonds. The molecule has 0 bridgehead atoms. The average Bonchev–Trinajstić information content (AvgIpc) is 2.62. The zero-order valence-corrected chi connectivity index (χ0v) is 14.7. The number of carbonyl (C=O) groups is 1. The molecule has 1 aliphatic heterocycles. The number of benzene rings is 2. The van der Waals surface area contributed by atoms with Crippen molar-refractivity contribution in [2.24, 2.45) is 0 Å². The maximum absolute atomic E-state index is 10.4. The summed E-state index contributed by atoms with van der Waals surface area (Å²) >= 11 is 0. The maximum Gasteiger partial charge on any atom is 0.335 e. The second-order valence-electron chi connectivity index (χ2n) is 6.00. The van der Waals surface area contributed by atoms with E-state index in [0.29, 0.717) is 5.56 Å². The lowest BCUT2D eigenvalue weighted by molar-refractivity contribution is 0.0596. The molecule has 1 atom stereocenters. The number of carboxylic acids is 1. The highest BCUT2D eigenvalue weighted by molar-refractivity contribution is 5.87. The van der Waals surface area contributed by atoms with Crippen molar-refractivity contribution >= 4 is 12.0 Å². The van der Waals surface area contributed by atoms with Crippen LogP contribution in [0.4, 0.5) is 0 Å². The molecular formula is C21H25NO3. The largest absolute Gasteiger partial charge is 0.478 e. The number of hydrogen-bond donors (Lipinski definition) is 2. The van der Waals surface area contributed by atoms with Gasteiger partial charge in [0.2, 0.25) is 0 Å². The van der Waals surface area contributed by atoms with Crippen molar-refractivity contribution < 1.29 is 14.6 Å². The van der Waals surface area contributed by atoms with Gasteiger partial charge in [-0.3, -0.25) is 0 Å². The van der Waals surface area contributed by atoms with Gasteiger partial charge in [0.15, 0.2) is 0 Å². The summed E-state index contributed by atoms with van der Waals surface area (Å²) in [5.74, 6) is -0.872. The van der Waals surface area contributed by atoms with Gasteiger partial charge in [0.05, 0.1) is 18.3 Å². The molecule has 0 spiro atoms. The molecule has 1 fully saturated rings. The molecule has 0 saturated carbocycles. The second kappa shape index (κ2) is 9.77. The van der Waals surface area contributed by atoms with Gasteiger partial charge in [-0.15, -0.1) is 0 Å². The van der Waals surface area contributed by atoms with E-state index in [0.717, 1.165) is 25.3 Å². The number of hydrogen-bond acceptors (Lipinski definition) is 3. The van der Waals surface area contributed by atoms with E-state index in [-0.39, 0.29) is 6.10 Å². The summed E-state index contributed by atoms with van der Waals surface area (Å²) < 4.78 is 5.59. The lowest BCUT2D eigenvalue weighted by Gasteiger charge is -2.20. The lowest BCUT2D eigenvalue weighted by Crippen LogP contribution is -2.37. The zero-order chi connectivity index (χ0) is 18.1. The number of morpholine rings is 1. The van der Waals surface area contributed by atoms with Gasteiger partial charge in [-0.1, -0.05) is 54.1 Å². The summed E-state index contributed by atoms with van der Waals surface area (Å²) in [5.41, 5.74) is 3.89. The van der Waals surface area contributed by atoms with Gasteiger partial charge in [0.25, 0.3) is 0 Å². The Morgan fingerprint density at radius 2 is 2.00 bits per heavy atom. The van der Waals surface area contributed by atoms with E-state index in [1.807, 2.05) is 13.0 Å². The molecule has 1 heterocycles. The molecule has 0 aliphatic carbocycles. The standard InChI is InChI=1S/C13H17NO.C8H8O2/c1-11-4-2-3-5-12(11)6-7-13-10-14-8-9-15-13;1-6-3-2-4-7(5-6)8(9)10/h2-7,13-14H,8-10H2,1H3;2-5H,1H3,(H,9,10). The average molecular weight is 339 g/mol. The van der Waals surface area contributed by atoms with E-state index in [4.69, 9.17) is 9.84 Å². The van der Waals surface area contributed by atoms with Crippen molar-refractivity contribution in [2.45, 2.75) is 20.0 Å². The quantitative estimate of drug-likeness (QED) is 0.895. The SMILES string of the molecule is Cc1cccc(C(=O)O)c1.Cc1ccccc1C=CC1CNCCO1. The van der Waals surface area contributed by atoms with Crippen LogP contribution >= 0.6 is 0 Å². The number of nitrogens with one attached hydrogen (secondary N) is 1. The zero-order valence-electron chi connectivity index (χ0n) is 14.7. The van der Waals surface area contributed by atoms with Crippen LogP contribution in [0.1, 0.15) is 27.0 Å². The van der Waals surface area contributed by atoms with E-state index in [9.17, 15) is 4.79 Å². The monoisotopic (exact) mass is 339 g/mol. The van der Waals surface area contributed by atoms with Gasteiger partial charge in [-0.05, 0) is 37.1 Å². The smallest absolute Gasteiger partial charge is 0.335 e. The van der Waals surface area contributed by atoms with Crippen molar-refractivity contribution in [3.63, 3.8) is 0 Å². The van der Waals surface area contributed by atoms with Crippen LogP contribution in [-0.4, -0.2) is 36.9 Å². The summed E-state index contributed by atoms with van der Waals surface area (Å²) in [6, 6.07) is 15.2. The van der Waals surface area contributed by atoms with Crippen LogP contribution in [-0.2, 0) is 4.74 Å². The van der Waals surface area contributed by atoms with Crippen LogP contribution in [0.15, 0.2) is 54.6 Å². The molecule has 1 unspecified atom stereocenters. The third-order valence-electron chi connectivity index (χ3n) is 3.90. The summed E-state index contributed by atoms with van der Waals surface area (Å²) in [4.78, 5) is 10.4. The Bertz CT molecular complexity index is 719. The van der Waals surface area contributed by atoms with Gasteiger partial charge in [0.1, 0.15) is 0 Å². The fraction of sp³-hybridized carbons (Fsp3) is 0.286. The minimum absolute atomic E-state index is 0.221. The predicted octanol–water partition coefficient (Wildman–Crippen LogP) is 3.69. The molecule has 2 aromatic rings. The number of ether oxygens (including phenoxy) is 1. The molecule has 4 heteroatoms. The highest BCUT2D eigenvalue weighted by Crippen LogP contribution is 2.10. The van der Waals surface area contributed by atoms with E-state index in [2.05, 4.69) is 48.7 Å². The van der Waals surface area contributed by atoms with Gasteiger partial charge in [0, 0.05) is 13.1 Å². The van der Waals surface area contributed by atoms with Gasteiger partial charge < -0.3 is 15.2 Å². The highest BCUT2D eigenvalue weighted by Gasteiger charge is 2.08. The summed E-state index contributed by atoms with van der Waals surface area (Å²) in [5, 5.41) is 11.8. The molecule has 132 valence electrons. The highest BCUT2D eigenvalue weighted by atomic mass is 16.5. The lowest BCUT2D eigenvalue weighted by atomic mass is 10.1. The third kappa shape index (κ3) is 6.53. The van der Waals surface area contributed by atoms with Crippen LogP contribution in [0.5, 0.6) is 0 Å². The van der Waals surface area contributed by atoms with Crippen molar-refractivity contribution in [3.05, 3.63) is 76.9 Å².